The molecule has 0 fully saturated rings. The van der Waals surface area contributed by atoms with E-state index in [4.69, 9.17) is 4.74 Å². The molecule has 1 amide bonds. The number of nitrogens with zero attached hydrogens (tertiary/aromatic N) is 3. The van der Waals surface area contributed by atoms with E-state index in [1.54, 1.807) is 43.3 Å². The van der Waals surface area contributed by atoms with E-state index in [0.717, 1.165) is 0 Å². The van der Waals surface area contributed by atoms with Crippen molar-refractivity contribution in [1.82, 2.24) is 14.8 Å². The fraction of sp³-hybridized carbons (Fsp3) is 0.125. The molecule has 0 atom stereocenters. The van der Waals surface area contributed by atoms with Crippen LogP contribution in [-0.4, -0.2) is 34.8 Å². The highest BCUT2D eigenvalue weighted by Crippen LogP contribution is 2.31. The van der Waals surface area contributed by atoms with E-state index in [2.05, 4.69) is 15.4 Å². The van der Waals surface area contributed by atoms with E-state index >= 15 is 0 Å². The van der Waals surface area contributed by atoms with Gasteiger partial charge in [-0.1, -0.05) is 25.1 Å². The Morgan fingerprint density at radius 2 is 1.88 bits per heavy atom. The molecule has 0 saturated carbocycles. The molecule has 0 bridgehead atoms. The van der Waals surface area contributed by atoms with Crippen LogP contribution >= 0.6 is 0 Å². The minimum atomic E-state index is -3.30. The normalized spacial score (nSPS) is 11.2. The number of halogens is 1. The quantitative estimate of drug-likeness (QED) is 0.406. The summed E-state index contributed by atoms with van der Waals surface area (Å²) >= 11 is 0. The highest BCUT2D eigenvalue weighted by atomic mass is 32.2. The Balaban J connectivity index is 1.53. The minimum Gasteiger partial charge on any atom is -0.455 e. The molecule has 8 nitrogen and oxygen atoms in total. The van der Waals surface area contributed by atoms with Gasteiger partial charge in [0.25, 0.3) is 0 Å². The Morgan fingerprint density at radius 3 is 2.56 bits per heavy atom. The van der Waals surface area contributed by atoms with Crippen LogP contribution in [0.1, 0.15) is 12.5 Å². The maximum atomic E-state index is 13.6. The molecule has 0 aliphatic carbocycles. The number of anilines is 1. The van der Waals surface area contributed by atoms with E-state index < -0.39 is 15.7 Å². The number of sulfone groups is 1. The van der Waals surface area contributed by atoms with Crippen molar-refractivity contribution in [3.05, 3.63) is 90.8 Å². The zero-order valence-electron chi connectivity index (χ0n) is 18.2. The Bertz CT molecular complexity index is 1410. The lowest BCUT2D eigenvalue weighted by molar-refractivity contribution is -0.115. The number of aromatic nitrogens is 3. The summed E-state index contributed by atoms with van der Waals surface area (Å²) in [7, 11) is -3.30. The number of rotatable bonds is 8. The molecular weight excluding hydrogens is 459 g/mol. The van der Waals surface area contributed by atoms with Crippen molar-refractivity contribution < 1.29 is 22.3 Å². The average Bonchev–Trinajstić information content (AvgIpc) is 3.34. The summed E-state index contributed by atoms with van der Waals surface area (Å²) < 4.78 is 44.9. The third-order valence-electron chi connectivity index (χ3n) is 4.96. The predicted molar refractivity (Wildman–Crippen MR) is 124 cm³/mol. The largest absolute Gasteiger partial charge is 0.455 e. The Labute approximate surface area is 196 Å². The molecule has 0 aliphatic heterocycles. The highest BCUT2D eigenvalue weighted by Gasteiger charge is 2.14. The summed E-state index contributed by atoms with van der Waals surface area (Å²) in [6.07, 6.45) is 2.92. The van der Waals surface area contributed by atoms with Crippen molar-refractivity contribution in [3.8, 4) is 17.2 Å². The van der Waals surface area contributed by atoms with Gasteiger partial charge in [-0.3, -0.25) is 4.79 Å². The zero-order valence-corrected chi connectivity index (χ0v) is 19.0. The van der Waals surface area contributed by atoms with Gasteiger partial charge in [0.2, 0.25) is 5.91 Å². The van der Waals surface area contributed by atoms with Gasteiger partial charge in [0.05, 0.1) is 17.1 Å². The molecule has 0 saturated heterocycles. The summed E-state index contributed by atoms with van der Waals surface area (Å²) in [5, 5.41) is 6.90. The lowest BCUT2D eigenvalue weighted by Gasteiger charge is -2.14. The molecule has 0 aliphatic rings. The highest BCUT2D eigenvalue weighted by molar-refractivity contribution is 7.91. The van der Waals surface area contributed by atoms with Crippen LogP contribution in [0.5, 0.6) is 11.5 Å². The van der Waals surface area contributed by atoms with Gasteiger partial charge < -0.3 is 10.1 Å². The Kier molecular flexibility index (Phi) is 6.69. The molecule has 4 rings (SSSR count). The lowest BCUT2D eigenvalue weighted by atomic mass is 10.1. The lowest BCUT2D eigenvalue weighted by Crippen LogP contribution is -2.14. The average molecular weight is 481 g/mol. The van der Waals surface area contributed by atoms with Crippen LogP contribution in [0.2, 0.25) is 0 Å². The second-order valence-corrected chi connectivity index (χ2v) is 9.63. The van der Waals surface area contributed by atoms with E-state index in [1.807, 2.05) is 0 Å². The molecule has 1 N–H and O–H groups in total. The van der Waals surface area contributed by atoms with E-state index in [9.17, 15) is 17.6 Å². The number of hydrogen-bond donors (Lipinski definition) is 1. The van der Waals surface area contributed by atoms with Crippen LogP contribution in [0.15, 0.2) is 84.3 Å². The first kappa shape index (κ1) is 23.1. The van der Waals surface area contributed by atoms with Crippen LogP contribution in [0.3, 0.4) is 0 Å². The number of benzene rings is 3. The molecule has 0 radical (unpaired) electrons. The van der Waals surface area contributed by atoms with Gasteiger partial charge >= 0.3 is 0 Å². The predicted octanol–water partition coefficient (Wildman–Crippen LogP) is 4.17. The molecule has 0 unspecified atom stereocenters. The maximum Gasteiger partial charge on any atom is 0.228 e. The van der Waals surface area contributed by atoms with Crippen molar-refractivity contribution in [1.29, 1.82) is 0 Å². The summed E-state index contributed by atoms with van der Waals surface area (Å²) in [6.45, 7) is 1.58. The SMILES string of the molecule is CCS(=O)(=O)c1ccc(CC(=O)Nc2ccc(-n3cncn3)c(Oc3cccc(F)c3)c2)cc1. The molecule has 10 heteroatoms. The number of ether oxygens (including phenoxy) is 1. The summed E-state index contributed by atoms with van der Waals surface area (Å²) in [5.74, 6) is -0.106. The van der Waals surface area contributed by atoms with E-state index in [1.165, 1.54) is 47.7 Å². The first-order chi connectivity index (χ1) is 16.3. The van der Waals surface area contributed by atoms with Crippen molar-refractivity contribution in [3.63, 3.8) is 0 Å². The number of amides is 1. The number of carbonyl (C=O) groups excluding carboxylic acids is 1. The van der Waals surface area contributed by atoms with Crippen LogP contribution in [0.25, 0.3) is 5.69 Å². The van der Waals surface area contributed by atoms with Crippen molar-refractivity contribution in [2.45, 2.75) is 18.2 Å². The van der Waals surface area contributed by atoms with Gasteiger partial charge in [-0.05, 0) is 42.0 Å². The van der Waals surface area contributed by atoms with Crippen LogP contribution < -0.4 is 10.1 Å². The fourth-order valence-corrected chi connectivity index (χ4v) is 4.11. The number of nitrogens with one attached hydrogen (secondary N) is 1. The van der Waals surface area contributed by atoms with Crippen molar-refractivity contribution in [2.75, 3.05) is 11.1 Å². The third-order valence-corrected chi connectivity index (χ3v) is 6.71. The van der Waals surface area contributed by atoms with Gasteiger partial charge in [-0.25, -0.2) is 22.5 Å². The molecule has 1 heterocycles. The molecule has 1 aromatic heterocycles. The first-order valence-corrected chi connectivity index (χ1v) is 12.0. The van der Waals surface area contributed by atoms with Gasteiger partial charge in [0.1, 0.15) is 29.9 Å². The third kappa shape index (κ3) is 5.46. The second-order valence-electron chi connectivity index (χ2n) is 7.35. The molecule has 174 valence electrons. The minimum absolute atomic E-state index is 0.0114. The second kappa shape index (κ2) is 9.84. The molecule has 4 aromatic rings. The van der Waals surface area contributed by atoms with Crippen LogP contribution in [-0.2, 0) is 21.1 Å². The van der Waals surface area contributed by atoms with E-state index in [0.29, 0.717) is 22.7 Å². The van der Waals surface area contributed by atoms with Gasteiger partial charge in [-0.2, -0.15) is 5.10 Å². The van der Waals surface area contributed by atoms with Gasteiger partial charge in [0.15, 0.2) is 15.6 Å². The molecule has 0 spiro atoms. The maximum absolute atomic E-state index is 13.6. The standard InChI is InChI=1S/C24H21FN4O4S/c1-2-34(31,32)21-9-6-17(7-10-21)12-24(30)28-19-8-11-22(29-16-26-15-27-29)23(14-19)33-20-5-3-4-18(25)13-20/h3-11,13-16H,2,12H2,1H3,(H,28,30). The molecule has 3 aromatic carbocycles. The fourth-order valence-electron chi connectivity index (χ4n) is 3.22. The monoisotopic (exact) mass is 480 g/mol. The molecule has 34 heavy (non-hydrogen) atoms. The first-order valence-electron chi connectivity index (χ1n) is 10.4. The zero-order chi connectivity index (χ0) is 24.1. The van der Waals surface area contributed by atoms with Crippen LogP contribution in [0.4, 0.5) is 10.1 Å². The summed E-state index contributed by atoms with van der Waals surface area (Å²) in [4.78, 5) is 16.8. The summed E-state index contributed by atoms with van der Waals surface area (Å²) in [5.41, 5.74) is 1.68. The van der Waals surface area contributed by atoms with Gasteiger partial charge in [-0.15, -0.1) is 0 Å². The Hall–Kier alpha value is -4.05. The van der Waals surface area contributed by atoms with E-state index in [-0.39, 0.29) is 28.7 Å². The smallest absolute Gasteiger partial charge is 0.228 e. The van der Waals surface area contributed by atoms with Crippen molar-refractivity contribution >= 4 is 21.4 Å². The topological polar surface area (TPSA) is 103 Å². The van der Waals surface area contributed by atoms with Gasteiger partial charge in [0, 0.05) is 17.8 Å². The van der Waals surface area contributed by atoms with Crippen LogP contribution in [0, 0.1) is 5.82 Å². The Morgan fingerprint density at radius 1 is 1.09 bits per heavy atom. The van der Waals surface area contributed by atoms with Crippen molar-refractivity contribution in [2.24, 2.45) is 0 Å². The molecular formula is C24H21FN4O4S. The number of carbonyl (C=O) groups is 1. The summed E-state index contributed by atoms with van der Waals surface area (Å²) in [6, 6.07) is 16.9. The number of hydrogen-bond acceptors (Lipinski definition) is 6.